The number of piperazine rings is 1. The van der Waals surface area contributed by atoms with Gasteiger partial charge in [-0.2, -0.15) is 5.10 Å². The molecule has 9 nitrogen and oxygen atoms in total. The van der Waals surface area contributed by atoms with Crippen LogP contribution in [0.5, 0.6) is 0 Å². The number of nitrogens with one attached hydrogen (secondary N) is 4. The summed E-state index contributed by atoms with van der Waals surface area (Å²) in [5.41, 5.74) is 7.98. The lowest BCUT2D eigenvalue weighted by atomic mass is 10.1. The predicted octanol–water partition coefficient (Wildman–Crippen LogP) is 4.16. The van der Waals surface area contributed by atoms with Crippen LogP contribution in [-0.4, -0.2) is 56.2 Å². The molecule has 4 aromatic heterocycles. The summed E-state index contributed by atoms with van der Waals surface area (Å²) in [5, 5.41) is 18.9. The number of hydrogen-bond acceptors (Lipinski definition) is 8. The molecule has 1 atom stereocenters. The minimum absolute atomic E-state index is 0.277. The highest BCUT2D eigenvalue weighted by atomic mass is 19.1. The molecule has 0 aliphatic carbocycles. The van der Waals surface area contributed by atoms with Crippen LogP contribution in [0.3, 0.4) is 0 Å². The highest BCUT2D eigenvalue weighted by molar-refractivity contribution is 5.91. The van der Waals surface area contributed by atoms with Gasteiger partial charge in [0.05, 0.1) is 23.3 Å². The van der Waals surface area contributed by atoms with Crippen LogP contribution in [-0.2, 0) is 6.54 Å². The maximum atomic E-state index is 13.9. The molecular weight excluding hydrogens is 481 g/mol. The Hall–Kier alpha value is -4.41. The second kappa shape index (κ2) is 9.47. The van der Waals surface area contributed by atoms with Crippen LogP contribution in [0.1, 0.15) is 17.4 Å². The molecule has 190 valence electrons. The summed E-state index contributed by atoms with van der Waals surface area (Å²) in [6.07, 6.45) is 8.89. The minimum Gasteiger partial charge on any atom is -0.358 e. The predicted molar refractivity (Wildman–Crippen MR) is 145 cm³/mol. The van der Waals surface area contributed by atoms with Crippen molar-refractivity contribution < 1.29 is 4.39 Å². The van der Waals surface area contributed by atoms with Crippen molar-refractivity contribution in [2.75, 3.05) is 36.8 Å². The SMILES string of the molecule is Fc1cccc(-c2cncc3c2NC(c2[nH]nc4ncc(-c5cncc(CN6CCNCC6)c5)cc24)N3)c1. The number of benzene rings is 1. The smallest absolute Gasteiger partial charge is 0.181 e. The van der Waals surface area contributed by atoms with E-state index < -0.39 is 0 Å². The maximum absolute atomic E-state index is 13.9. The number of aromatic amines is 1. The third kappa shape index (κ3) is 4.23. The van der Waals surface area contributed by atoms with Gasteiger partial charge in [-0.15, -0.1) is 0 Å². The molecule has 2 aliphatic rings. The zero-order valence-corrected chi connectivity index (χ0v) is 20.6. The van der Waals surface area contributed by atoms with Crippen LogP contribution in [0, 0.1) is 5.82 Å². The molecule has 1 saturated heterocycles. The van der Waals surface area contributed by atoms with Crippen LogP contribution in [0.4, 0.5) is 15.8 Å². The van der Waals surface area contributed by atoms with Crippen LogP contribution in [0.15, 0.2) is 67.4 Å². The number of H-pyrrole nitrogens is 1. The average molecular weight is 508 g/mol. The van der Waals surface area contributed by atoms with Gasteiger partial charge in [0.15, 0.2) is 5.65 Å². The van der Waals surface area contributed by atoms with Gasteiger partial charge in [-0.25, -0.2) is 9.37 Å². The van der Waals surface area contributed by atoms with Crippen LogP contribution < -0.4 is 16.0 Å². The Morgan fingerprint density at radius 1 is 0.895 bits per heavy atom. The minimum atomic E-state index is -0.285. The second-order valence-electron chi connectivity index (χ2n) is 9.68. The standard InChI is InChI=1S/C28H26FN9/c29-21-3-1-2-18(9-21)23-14-32-15-24-25(23)35-28(34-24)26-22-10-20(13-33-27(22)37-36-26)19-8-17(11-31-12-19)16-38-6-4-30-5-7-38/h1-3,8-15,28,30,34-35H,4-7,16H2,(H,33,36,37). The first-order chi connectivity index (χ1) is 18.7. The summed E-state index contributed by atoms with van der Waals surface area (Å²) in [5.74, 6) is -0.285. The molecule has 0 amide bonds. The zero-order valence-electron chi connectivity index (χ0n) is 20.6. The van der Waals surface area contributed by atoms with Gasteiger partial charge in [-0.1, -0.05) is 12.1 Å². The summed E-state index contributed by atoms with van der Waals surface area (Å²) >= 11 is 0. The summed E-state index contributed by atoms with van der Waals surface area (Å²) in [6.45, 7) is 4.99. The molecule has 1 fully saturated rings. The van der Waals surface area contributed by atoms with E-state index in [4.69, 9.17) is 0 Å². The molecule has 0 spiro atoms. The largest absolute Gasteiger partial charge is 0.358 e. The molecule has 1 aromatic carbocycles. The first kappa shape index (κ1) is 22.8. The number of rotatable bonds is 5. The van der Waals surface area contributed by atoms with Gasteiger partial charge < -0.3 is 16.0 Å². The Morgan fingerprint density at radius 3 is 2.66 bits per heavy atom. The Morgan fingerprint density at radius 2 is 1.76 bits per heavy atom. The summed E-state index contributed by atoms with van der Waals surface area (Å²) in [7, 11) is 0. The number of pyridine rings is 3. The molecule has 4 N–H and O–H groups in total. The van der Waals surface area contributed by atoms with E-state index in [-0.39, 0.29) is 12.0 Å². The number of aromatic nitrogens is 5. The number of anilines is 2. The number of hydrogen-bond donors (Lipinski definition) is 4. The molecule has 6 heterocycles. The van der Waals surface area contributed by atoms with E-state index in [9.17, 15) is 4.39 Å². The molecule has 0 saturated carbocycles. The Balaban J connectivity index is 1.19. The van der Waals surface area contributed by atoms with E-state index in [1.54, 1.807) is 18.5 Å². The molecule has 1 unspecified atom stereocenters. The van der Waals surface area contributed by atoms with E-state index >= 15 is 0 Å². The van der Waals surface area contributed by atoms with Crippen molar-refractivity contribution in [3.05, 3.63) is 84.5 Å². The number of halogens is 1. The fraction of sp³-hybridized carbons (Fsp3) is 0.214. The monoisotopic (exact) mass is 507 g/mol. The molecule has 38 heavy (non-hydrogen) atoms. The van der Waals surface area contributed by atoms with Crippen molar-refractivity contribution in [1.29, 1.82) is 0 Å². The van der Waals surface area contributed by atoms with Crippen LogP contribution in [0.25, 0.3) is 33.3 Å². The van der Waals surface area contributed by atoms with Crippen molar-refractivity contribution >= 4 is 22.4 Å². The first-order valence-corrected chi connectivity index (χ1v) is 12.7. The zero-order chi connectivity index (χ0) is 25.5. The lowest BCUT2D eigenvalue weighted by Gasteiger charge is -2.27. The van der Waals surface area contributed by atoms with Gasteiger partial charge >= 0.3 is 0 Å². The fourth-order valence-corrected chi connectivity index (χ4v) is 5.24. The van der Waals surface area contributed by atoms with Gasteiger partial charge in [0.25, 0.3) is 0 Å². The van der Waals surface area contributed by atoms with E-state index in [0.717, 1.165) is 77.4 Å². The number of fused-ring (bicyclic) bond motifs is 2. The van der Waals surface area contributed by atoms with E-state index in [0.29, 0.717) is 5.65 Å². The molecular formula is C28H26FN9. The second-order valence-corrected chi connectivity index (χ2v) is 9.68. The van der Waals surface area contributed by atoms with Crippen molar-refractivity contribution in [3.63, 3.8) is 0 Å². The quantitative estimate of drug-likeness (QED) is 0.281. The summed E-state index contributed by atoms with van der Waals surface area (Å²) in [4.78, 5) is 15.9. The van der Waals surface area contributed by atoms with Gasteiger partial charge in [0, 0.05) is 79.6 Å². The molecule has 0 bridgehead atoms. The van der Waals surface area contributed by atoms with Crippen molar-refractivity contribution in [2.45, 2.75) is 12.7 Å². The lowest BCUT2D eigenvalue weighted by molar-refractivity contribution is 0.233. The van der Waals surface area contributed by atoms with Crippen molar-refractivity contribution in [2.24, 2.45) is 0 Å². The highest BCUT2D eigenvalue weighted by Crippen LogP contribution is 2.42. The third-order valence-corrected chi connectivity index (χ3v) is 7.14. The maximum Gasteiger partial charge on any atom is 0.181 e. The average Bonchev–Trinajstić information content (AvgIpc) is 3.57. The normalized spacial score (nSPS) is 17.2. The molecule has 2 aliphatic heterocycles. The van der Waals surface area contributed by atoms with Crippen LogP contribution in [0.2, 0.25) is 0 Å². The summed E-state index contributed by atoms with van der Waals surface area (Å²) in [6, 6.07) is 10.8. The van der Waals surface area contributed by atoms with Crippen LogP contribution >= 0.6 is 0 Å². The van der Waals surface area contributed by atoms with Gasteiger partial charge in [-0.05, 0) is 35.4 Å². The molecule has 7 rings (SSSR count). The Labute approximate surface area is 218 Å². The lowest BCUT2D eigenvalue weighted by Crippen LogP contribution is -2.42. The van der Waals surface area contributed by atoms with E-state index in [2.05, 4.69) is 58.1 Å². The van der Waals surface area contributed by atoms with Gasteiger partial charge in [-0.3, -0.25) is 20.0 Å². The third-order valence-electron chi connectivity index (χ3n) is 7.14. The number of nitrogens with zero attached hydrogens (tertiary/aromatic N) is 5. The molecule has 10 heteroatoms. The van der Waals surface area contributed by atoms with Gasteiger partial charge in [0.1, 0.15) is 12.0 Å². The van der Waals surface area contributed by atoms with E-state index in [1.165, 1.54) is 17.7 Å². The molecule has 0 radical (unpaired) electrons. The summed E-state index contributed by atoms with van der Waals surface area (Å²) < 4.78 is 13.9. The van der Waals surface area contributed by atoms with Crippen molar-refractivity contribution in [1.82, 2.24) is 35.4 Å². The highest BCUT2D eigenvalue weighted by Gasteiger charge is 2.27. The Kier molecular flexibility index (Phi) is 5.67. The first-order valence-electron chi connectivity index (χ1n) is 12.7. The topological polar surface area (TPSA) is 107 Å². The fourth-order valence-electron chi connectivity index (χ4n) is 5.24. The van der Waals surface area contributed by atoms with E-state index in [1.807, 2.05) is 24.7 Å². The molecule has 5 aromatic rings. The van der Waals surface area contributed by atoms with Gasteiger partial charge in [0.2, 0.25) is 0 Å². The van der Waals surface area contributed by atoms with Crippen molar-refractivity contribution in [3.8, 4) is 22.3 Å². The Bertz CT molecular complexity index is 1630.